The maximum Gasteiger partial charge on any atom is 0.264 e. The fourth-order valence-electron chi connectivity index (χ4n) is 4.67. The molecular weight excluding hydrogens is 464 g/mol. The third-order valence-electron chi connectivity index (χ3n) is 6.71. The Morgan fingerprint density at radius 1 is 1.34 bits per heavy atom. The van der Waals surface area contributed by atoms with E-state index in [4.69, 9.17) is 4.98 Å². The Morgan fingerprint density at radius 2 is 2.20 bits per heavy atom. The molecule has 3 aromatic rings. The largest absolute Gasteiger partial charge is 0.394 e. The molecule has 0 spiro atoms. The standard InChI is InChI=1S/C25H26N6O3S/c1-14-15(10-23(33)27-14)9-16-12-26-31-22(28-17-4-5-17)11-19(29-24(16)31)20-6-7-21(35-20)25(34)30-8-2-3-18(30)13-32/h6-7,9,11-12,17-18,28,32H,1-5,8,10,13H2,(H,27,33)/b15-9+/t18-/m0/s1. The van der Waals surface area contributed by atoms with E-state index in [9.17, 15) is 14.7 Å². The minimum Gasteiger partial charge on any atom is -0.394 e. The zero-order valence-corrected chi connectivity index (χ0v) is 20.0. The van der Waals surface area contributed by atoms with E-state index in [1.54, 1.807) is 15.6 Å². The number of anilines is 1. The number of allylic oxidation sites excluding steroid dienone is 1. The first-order valence-electron chi connectivity index (χ1n) is 11.9. The molecule has 0 aromatic carbocycles. The number of aliphatic hydroxyl groups is 1. The molecule has 1 aliphatic carbocycles. The minimum atomic E-state index is -0.106. The van der Waals surface area contributed by atoms with Gasteiger partial charge in [0.1, 0.15) is 5.82 Å². The summed E-state index contributed by atoms with van der Waals surface area (Å²) in [6.07, 6.45) is 7.92. The fraction of sp³-hybridized carbons (Fsp3) is 0.360. The summed E-state index contributed by atoms with van der Waals surface area (Å²) in [6.45, 7) is 4.60. The number of fused-ring (bicyclic) bond motifs is 1. The van der Waals surface area contributed by atoms with Crippen LogP contribution in [0.15, 0.2) is 42.2 Å². The van der Waals surface area contributed by atoms with E-state index in [1.807, 2.05) is 24.3 Å². The quantitative estimate of drug-likeness (QED) is 0.490. The van der Waals surface area contributed by atoms with Gasteiger partial charge in [0.05, 0.1) is 40.7 Å². The number of thiophene rings is 1. The minimum absolute atomic E-state index is 0.00851. The number of carbonyl (C=O) groups excluding carboxylic acids is 2. The summed E-state index contributed by atoms with van der Waals surface area (Å²) in [7, 11) is 0. The summed E-state index contributed by atoms with van der Waals surface area (Å²) < 4.78 is 1.79. The Balaban J connectivity index is 1.38. The predicted molar refractivity (Wildman–Crippen MR) is 134 cm³/mol. The van der Waals surface area contributed by atoms with Gasteiger partial charge in [-0.15, -0.1) is 11.3 Å². The molecular formula is C25H26N6O3S. The zero-order valence-electron chi connectivity index (χ0n) is 19.2. The molecule has 1 atom stereocenters. The van der Waals surface area contributed by atoms with Gasteiger partial charge in [0, 0.05) is 29.9 Å². The van der Waals surface area contributed by atoms with Crippen molar-refractivity contribution in [1.29, 1.82) is 0 Å². The molecule has 3 N–H and O–H groups in total. The first-order chi connectivity index (χ1) is 17.0. The van der Waals surface area contributed by atoms with Gasteiger partial charge in [0.15, 0.2) is 5.65 Å². The number of likely N-dealkylation sites (tertiary alicyclic amines) is 1. The third kappa shape index (κ3) is 4.12. The zero-order chi connectivity index (χ0) is 24.1. The second-order valence-electron chi connectivity index (χ2n) is 9.29. The van der Waals surface area contributed by atoms with Crippen LogP contribution in [0.1, 0.15) is 47.3 Å². The smallest absolute Gasteiger partial charge is 0.264 e. The highest BCUT2D eigenvalue weighted by Crippen LogP contribution is 2.34. The molecule has 0 radical (unpaired) electrons. The van der Waals surface area contributed by atoms with Gasteiger partial charge < -0.3 is 20.6 Å². The molecule has 3 aromatic heterocycles. The maximum absolute atomic E-state index is 13.1. The van der Waals surface area contributed by atoms with Gasteiger partial charge >= 0.3 is 0 Å². The van der Waals surface area contributed by atoms with Crippen LogP contribution >= 0.6 is 11.3 Å². The van der Waals surface area contributed by atoms with Crippen molar-refractivity contribution in [2.45, 2.75) is 44.2 Å². The summed E-state index contributed by atoms with van der Waals surface area (Å²) in [4.78, 5) is 33.1. The molecule has 6 rings (SSSR count). The lowest BCUT2D eigenvalue weighted by atomic mass is 10.1. The molecule has 2 aliphatic heterocycles. The number of hydrogen-bond donors (Lipinski definition) is 3. The first-order valence-corrected chi connectivity index (χ1v) is 12.7. The van der Waals surface area contributed by atoms with Crippen LogP contribution in [0.5, 0.6) is 0 Å². The SMILES string of the molecule is C=C1NC(=O)C/C1=C\c1cnn2c(NC3CC3)cc(-c3ccc(C(=O)N4CCC[C@H]4CO)s3)nc12. The van der Waals surface area contributed by atoms with Crippen molar-refractivity contribution in [1.82, 2.24) is 24.8 Å². The molecule has 3 aliphatic rings. The number of hydrogen-bond acceptors (Lipinski definition) is 7. The lowest BCUT2D eigenvalue weighted by molar-refractivity contribution is -0.118. The number of rotatable bonds is 6. The summed E-state index contributed by atoms with van der Waals surface area (Å²) in [5, 5.41) is 20.4. The molecule has 2 saturated heterocycles. The topological polar surface area (TPSA) is 112 Å². The van der Waals surface area contributed by atoms with Crippen molar-refractivity contribution in [3.8, 4) is 10.6 Å². The molecule has 9 nitrogen and oxygen atoms in total. The van der Waals surface area contributed by atoms with Crippen LogP contribution in [0.25, 0.3) is 22.3 Å². The molecule has 1 saturated carbocycles. The number of carbonyl (C=O) groups is 2. The van der Waals surface area contributed by atoms with Crippen LogP contribution < -0.4 is 10.6 Å². The summed E-state index contributed by atoms with van der Waals surface area (Å²) in [5.74, 6) is 0.736. The molecule has 180 valence electrons. The van der Waals surface area contributed by atoms with E-state index in [0.29, 0.717) is 28.8 Å². The van der Waals surface area contributed by atoms with Crippen molar-refractivity contribution in [3.63, 3.8) is 0 Å². The maximum atomic E-state index is 13.1. The number of amides is 2. The Morgan fingerprint density at radius 3 is 2.94 bits per heavy atom. The molecule has 10 heteroatoms. The molecule has 0 unspecified atom stereocenters. The van der Waals surface area contributed by atoms with Crippen molar-refractivity contribution >= 4 is 40.7 Å². The van der Waals surface area contributed by atoms with Crippen molar-refractivity contribution in [3.05, 3.63) is 52.7 Å². The van der Waals surface area contributed by atoms with Crippen LogP contribution in [0.4, 0.5) is 5.82 Å². The molecule has 0 bridgehead atoms. The van der Waals surface area contributed by atoms with E-state index >= 15 is 0 Å². The second kappa shape index (κ2) is 8.62. The van der Waals surface area contributed by atoms with Gasteiger partial charge in [-0.2, -0.15) is 9.61 Å². The summed E-state index contributed by atoms with van der Waals surface area (Å²) >= 11 is 1.41. The van der Waals surface area contributed by atoms with E-state index < -0.39 is 0 Å². The first kappa shape index (κ1) is 22.0. The van der Waals surface area contributed by atoms with Crippen LogP contribution in [-0.4, -0.2) is 61.7 Å². The average Bonchev–Trinajstić information content (AvgIpc) is 3.24. The average molecular weight is 491 g/mol. The molecule has 5 heterocycles. The van der Waals surface area contributed by atoms with Crippen LogP contribution in [-0.2, 0) is 4.79 Å². The highest BCUT2D eigenvalue weighted by Gasteiger charge is 2.30. The third-order valence-corrected chi connectivity index (χ3v) is 7.80. The predicted octanol–water partition coefficient (Wildman–Crippen LogP) is 3.05. The lowest BCUT2D eigenvalue weighted by Crippen LogP contribution is -2.37. The number of aromatic nitrogens is 3. The summed E-state index contributed by atoms with van der Waals surface area (Å²) in [6, 6.07) is 6.06. The number of nitrogens with zero attached hydrogens (tertiary/aromatic N) is 4. The molecule has 3 fully saturated rings. The van der Waals surface area contributed by atoms with E-state index in [-0.39, 0.29) is 30.9 Å². The summed E-state index contributed by atoms with van der Waals surface area (Å²) in [5.41, 5.74) is 3.65. The lowest BCUT2D eigenvalue weighted by Gasteiger charge is -2.22. The van der Waals surface area contributed by atoms with Gasteiger partial charge in [0.2, 0.25) is 5.91 Å². The van der Waals surface area contributed by atoms with Crippen molar-refractivity contribution in [2.24, 2.45) is 0 Å². The monoisotopic (exact) mass is 490 g/mol. The Labute approximate surface area is 206 Å². The van der Waals surface area contributed by atoms with Crippen molar-refractivity contribution < 1.29 is 14.7 Å². The number of nitrogens with one attached hydrogen (secondary N) is 2. The Bertz CT molecular complexity index is 1380. The van der Waals surface area contributed by atoms with E-state index in [2.05, 4.69) is 22.3 Å². The molecule has 35 heavy (non-hydrogen) atoms. The highest BCUT2D eigenvalue weighted by atomic mass is 32.1. The fourth-order valence-corrected chi connectivity index (χ4v) is 5.59. The van der Waals surface area contributed by atoms with Crippen LogP contribution in [0.3, 0.4) is 0 Å². The Hall–Kier alpha value is -3.50. The van der Waals surface area contributed by atoms with Gasteiger partial charge in [-0.1, -0.05) is 6.58 Å². The van der Waals surface area contributed by atoms with Crippen LogP contribution in [0, 0.1) is 0 Å². The second-order valence-corrected chi connectivity index (χ2v) is 10.4. The normalized spacial score (nSPS) is 21.3. The van der Waals surface area contributed by atoms with Gasteiger partial charge in [0.25, 0.3) is 5.91 Å². The highest BCUT2D eigenvalue weighted by molar-refractivity contribution is 7.17. The van der Waals surface area contributed by atoms with Gasteiger partial charge in [-0.25, -0.2) is 4.98 Å². The van der Waals surface area contributed by atoms with Gasteiger partial charge in [-0.05, 0) is 49.5 Å². The van der Waals surface area contributed by atoms with Crippen molar-refractivity contribution in [2.75, 3.05) is 18.5 Å². The van der Waals surface area contributed by atoms with Gasteiger partial charge in [-0.3, -0.25) is 9.59 Å². The van der Waals surface area contributed by atoms with E-state index in [1.165, 1.54) is 11.3 Å². The Kier molecular flexibility index (Phi) is 5.42. The van der Waals surface area contributed by atoms with E-state index in [0.717, 1.165) is 53.2 Å². The molecule has 2 amide bonds. The number of aliphatic hydroxyl groups excluding tert-OH is 1. The van der Waals surface area contributed by atoms with Crippen LogP contribution in [0.2, 0.25) is 0 Å².